The van der Waals surface area contributed by atoms with Crippen LogP contribution in [-0.4, -0.2) is 86.2 Å². The number of nitrogens with zero attached hydrogens (tertiary/aromatic N) is 2. The minimum atomic E-state index is -0.469. The zero-order valence-electron chi connectivity index (χ0n) is 32.1. The molecular formula is C40H76N6O4. The van der Waals surface area contributed by atoms with Gasteiger partial charge < -0.3 is 42.2 Å². The van der Waals surface area contributed by atoms with Gasteiger partial charge in [-0.1, -0.05) is 90.9 Å². The predicted molar refractivity (Wildman–Crippen MR) is 208 cm³/mol. The van der Waals surface area contributed by atoms with Gasteiger partial charge in [0.15, 0.2) is 0 Å². The average Bonchev–Trinajstić information content (AvgIpc) is 3.12. The summed E-state index contributed by atoms with van der Waals surface area (Å²) in [6, 6.07) is 6.71. The monoisotopic (exact) mass is 705 g/mol. The van der Waals surface area contributed by atoms with Crippen LogP contribution in [-0.2, 0) is 9.59 Å². The summed E-state index contributed by atoms with van der Waals surface area (Å²) >= 11 is 0. The molecule has 0 saturated heterocycles. The summed E-state index contributed by atoms with van der Waals surface area (Å²) in [6.45, 7) is 9.48. The zero-order valence-corrected chi connectivity index (χ0v) is 32.1. The Kier molecular flexibility index (Phi) is 28.6. The molecule has 0 fully saturated rings. The molecule has 1 rings (SSSR count). The van der Waals surface area contributed by atoms with Crippen LogP contribution in [0.15, 0.2) is 24.3 Å². The quantitative estimate of drug-likeness (QED) is 0.0590. The molecule has 2 amide bonds. The lowest BCUT2D eigenvalue weighted by atomic mass is 10.1. The number of nitrogens with two attached hydrogens (primary N) is 4. The number of benzene rings is 1. The largest absolute Gasteiger partial charge is 0.494 e. The van der Waals surface area contributed by atoms with Crippen LogP contribution < -0.4 is 32.4 Å². The number of hydrogen-bond donors (Lipinski definition) is 4. The molecule has 0 spiro atoms. The van der Waals surface area contributed by atoms with Crippen molar-refractivity contribution in [3.8, 4) is 11.5 Å². The maximum atomic E-state index is 13.1. The van der Waals surface area contributed by atoms with Crippen molar-refractivity contribution >= 4 is 11.8 Å². The summed E-state index contributed by atoms with van der Waals surface area (Å²) in [5.74, 6) is 1.61. The minimum absolute atomic E-state index is 0.0392. The first-order chi connectivity index (χ1) is 24.4. The van der Waals surface area contributed by atoms with Gasteiger partial charge in [-0.05, 0) is 88.7 Å². The lowest BCUT2D eigenvalue weighted by Crippen LogP contribution is -2.45. The number of hydrogen-bond acceptors (Lipinski definition) is 8. The van der Waals surface area contributed by atoms with Crippen LogP contribution in [0.5, 0.6) is 11.5 Å². The molecule has 8 N–H and O–H groups in total. The molecule has 1 aromatic carbocycles. The normalized spacial score (nSPS) is 12.4. The van der Waals surface area contributed by atoms with E-state index in [1.54, 1.807) is 0 Å². The molecule has 290 valence electrons. The van der Waals surface area contributed by atoms with Gasteiger partial charge in [-0.15, -0.1) is 0 Å². The van der Waals surface area contributed by atoms with Crippen LogP contribution >= 0.6 is 0 Å². The molecule has 1 aromatic rings. The molecule has 0 aromatic heterocycles. The van der Waals surface area contributed by atoms with Gasteiger partial charge in [-0.2, -0.15) is 0 Å². The molecule has 10 heteroatoms. The number of unbranched alkanes of at least 4 members (excludes halogenated alkanes) is 12. The Morgan fingerprint density at radius 1 is 0.520 bits per heavy atom. The van der Waals surface area contributed by atoms with E-state index >= 15 is 0 Å². The highest BCUT2D eigenvalue weighted by Crippen LogP contribution is 2.18. The van der Waals surface area contributed by atoms with Crippen LogP contribution in [0.3, 0.4) is 0 Å². The molecule has 0 heterocycles. The SMILES string of the molecule is CCCCCCCCN(CCCOc1ccc(OCCCN(CCCCCCCC)C(=O)[C@@H](N)CCCCN)cc1)C(=O)[C@@H](N)CCCCN. The Labute approximate surface area is 305 Å². The fourth-order valence-corrected chi connectivity index (χ4v) is 6.09. The summed E-state index contributed by atoms with van der Waals surface area (Å²) in [6.07, 6.45) is 20.6. The number of rotatable bonds is 34. The first-order valence-corrected chi connectivity index (χ1v) is 20.2. The second-order valence-electron chi connectivity index (χ2n) is 13.8. The van der Waals surface area contributed by atoms with E-state index in [0.29, 0.717) is 52.2 Å². The summed E-state index contributed by atoms with van der Waals surface area (Å²) in [7, 11) is 0. The van der Waals surface area contributed by atoms with Crippen LogP contribution in [0.2, 0.25) is 0 Å². The lowest BCUT2D eigenvalue weighted by molar-refractivity contribution is -0.133. The van der Waals surface area contributed by atoms with E-state index < -0.39 is 12.1 Å². The van der Waals surface area contributed by atoms with E-state index in [-0.39, 0.29) is 11.8 Å². The third-order valence-electron chi connectivity index (χ3n) is 9.27. The van der Waals surface area contributed by atoms with Crippen molar-refractivity contribution in [1.29, 1.82) is 0 Å². The van der Waals surface area contributed by atoms with Crippen LogP contribution in [0.4, 0.5) is 0 Å². The van der Waals surface area contributed by atoms with Gasteiger partial charge in [0.1, 0.15) is 11.5 Å². The van der Waals surface area contributed by atoms with E-state index in [2.05, 4.69) is 13.8 Å². The van der Waals surface area contributed by atoms with Crippen molar-refractivity contribution in [1.82, 2.24) is 9.80 Å². The molecule has 0 saturated carbocycles. The fourth-order valence-electron chi connectivity index (χ4n) is 6.09. The Hall–Kier alpha value is -2.40. The topological polar surface area (TPSA) is 163 Å². The Bertz CT molecular complexity index is 875. The van der Waals surface area contributed by atoms with Gasteiger partial charge in [0.05, 0.1) is 25.3 Å². The molecule has 0 unspecified atom stereocenters. The van der Waals surface area contributed by atoms with Gasteiger partial charge in [0.25, 0.3) is 0 Å². The molecular weight excluding hydrogens is 628 g/mol. The van der Waals surface area contributed by atoms with E-state index in [9.17, 15) is 9.59 Å². The third kappa shape index (κ3) is 22.4. The molecule has 0 bridgehead atoms. The molecule has 50 heavy (non-hydrogen) atoms. The second-order valence-corrected chi connectivity index (χ2v) is 13.8. The van der Waals surface area contributed by atoms with E-state index in [1.807, 2.05) is 34.1 Å². The summed E-state index contributed by atoms with van der Waals surface area (Å²) < 4.78 is 12.0. The maximum Gasteiger partial charge on any atom is 0.239 e. The first-order valence-electron chi connectivity index (χ1n) is 20.2. The summed E-state index contributed by atoms with van der Waals surface area (Å²) in [4.78, 5) is 30.1. The number of amides is 2. The van der Waals surface area contributed by atoms with E-state index in [4.69, 9.17) is 32.4 Å². The lowest BCUT2D eigenvalue weighted by Gasteiger charge is -2.26. The first kappa shape index (κ1) is 45.6. The van der Waals surface area contributed by atoms with Gasteiger partial charge >= 0.3 is 0 Å². The smallest absolute Gasteiger partial charge is 0.239 e. The second kappa shape index (κ2) is 31.3. The highest BCUT2D eigenvalue weighted by atomic mass is 16.5. The van der Waals surface area contributed by atoms with Gasteiger partial charge in [-0.3, -0.25) is 9.59 Å². The van der Waals surface area contributed by atoms with Crippen molar-refractivity contribution in [3.63, 3.8) is 0 Å². The predicted octanol–water partition coefficient (Wildman–Crippen LogP) is 6.52. The van der Waals surface area contributed by atoms with E-state index in [0.717, 1.165) is 88.8 Å². The molecule has 0 aliphatic rings. The molecule has 0 aliphatic carbocycles. The van der Waals surface area contributed by atoms with Crippen LogP contribution in [0, 0.1) is 0 Å². The number of ether oxygens (including phenoxy) is 2. The van der Waals surface area contributed by atoms with Gasteiger partial charge in [0.2, 0.25) is 11.8 Å². The number of carbonyl (C=O) groups excluding carboxylic acids is 2. The van der Waals surface area contributed by atoms with Crippen LogP contribution in [0.1, 0.15) is 142 Å². The summed E-state index contributed by atoms with van der Waals surface area (Å²) in [5.41, 5.74) is 23.8. The van der Waals surface area contributed by atoms with Crippen molar-refractivity contribution in [3.05, 3.63) is 24.3 Å². The van der Waals surface area contributed by atoms with Crippen molar-refractivity contribution in [2.75, 3.05) is 52.5 Å². The van der Waals surface area contributed by atoms with E-state index in [1.165, 1.54) is 51.4 Å². The van der Waals surface area contributed by atoms with Gasteiger partial charge in [0, 0.05) is 26.2 Å². The van der Waals surface area contributed by atoms with Crippen molar-refractivity contribution in [2.45, 2.75) is 154 Å². The Balaban J connectivity index is 2.52. The zero-order chi connectivity index (χ0) is 36.7. The van der Waals surface area contributed by atoms with Crippen LogP contribution in [0.25, 0.3) is 0 Å². The fraction of sp³-hybridized carbons (Fsp3) is 0.800. The van der Waals surface area contributed by atoms with Crippen molar-refractivity contribution in [2.24, 2.45) is 22.9 Å². The molecule has 2 atom stereocenters. The standard InChI is InChI=1S/C40H76N6O4/c1-3-5-7-9-11-17-29-45(39(47)37(43)21-13-15-27-41)31-19-33-49-35-23-25-36(26-24-35)50-34-20-32-46(30-18-12-10-8-6-4-2)40(48)38(44)22-14-16-28-42/h23-26,37-38H,3-22,27-34,41-44H2,1-2H3/t37-,38-/m0/s1. The van der Waals surface area contributed by atoms with Gasteiger partial charge in [-0.25, -0.2) is 0 Å². The third-order valence-corrected chi connectivity index (χ3v) is 9.27. The Morgan fingerprint density at radius 3 is 1.22 bits per heavy atom. The molecule has 10 nitrogen and oxygen atoms in total. The molecule has 0 aliphatic heterocycles. The highest BCUT2D eigenvalue weighted by molar-refractivity contribution is 5.82. The highest BCUT2D eigenvalue weighted by Gasteiger charge is 2.21. The Morgan fingerprint density at radius 2 is 0.860 bits per heavy atom. The van der Waals surface area contributed by atoms with Crippen molar-refractivity contribution < 1.29 is 19.1 Å². The summed E-state index contributed by atoms with van der Waals surface area (Å²) in [5, 5.41) is 0. The maximum absolute atomic E-state index is 13.1. The number of carbonyl (C=O) groups is 2. The minimum Gasteiger partial charge on any atom is -0.494 e. The molecule has 0 radical (unpaired) electrons. The average molecular weight is 705 g/mol.